The van der Waals surface area contributed by atoms with Crippen LogP contribution in [-0.4, -0.2) is 26.1 Å². The van der Waals surface area contributed by atoms with Crippen molar-refractivity contribution in [1.82, 2.24) is 14.6 Å². The summed E-state index contributed by atoms with van der Waals surface area (Å²) >= 11 is 0. The first-order valence-electron chi connectivity index (χ1n) is 7.06. The number of nitrogens with one attached hydrogen (secondary N) is 2. The minimum Gasteiger partial charge on any atom is -0.346 e. The van der Waals surface area contributed by atoms with Gasteiger partial charge in [-0.2, -0.15) is 0 Å². The lowest BCUT2D eigenvalue weighted by Gasteiger charge is -2.16. The minimum absolute atomic E-state index is 0.0878. The van der Waals surface area contributed by atoms with Gasteiger partial charge in [0.15, 0.2) is 0 Å². The molecule has 1 rings (SSSR count). The van der Waals surface area contributed by atoms with Gasteiger partial charge >= 0.3 is 0 Å². The molecule has 116 valence electrons. The van der Waals surface area contributed by atoms with Gasteiger partial charge in [0.05, 0.1) is 4.90 Å². The van der Waals surface area contributed by atoms with Gasteiger partial charge in [-0.25, -0.2) is 13.1 Å². The van der Waals surface area contributed by atoms with Crippen LogP contribution in [0.15, 0.2) is 17.2 Å². The largest absolute Gasteiger partial charge is 0.346 e. The van der Waals surface area contributed by atoms with Crippen LogP contribution in [0.2, 0.25) is 0 Å². The molecule has 0 saturated carbocycles. The standard InChI is InChI=1S/C14H27N3O2S/c1-10(2)12(5)16-20(18,19)14-7-13(8-15-6)17(9-14)11(3)4/h7,9-12,15-16H,8H2,1-6H3. The third kappa shape index (κ3) is 4.07. The lowest BCUT2D eigenvalue weighted by atomic mass is 10.1. The second-order valence-corrected chi connectivity index (χ2v) is 7.57. The molecule has 1 heterocycles. The summed E-state index contributed by atoms with van der Waals surface area (Å²) in [6.45, 7) is 10.6. The number of sulfonamides is 1. The van der Waals surface area contributed by atoms with Crippen LogP contribution in [0.5, 0.6) is 0 Å². The Hall–Kier alpha value is -0.850. The van der Waals surface area contributed by atoms with Crippen molar-refractivity contribution in [2.45, 2.75) is 58.1 Å². The van der Waals surface area contributed by atoms with E-state index in [0.717, 1.165) is 5.69 Å². The molecule has 1 aromatic heterocycles. The Morgan fingerprint density at radius 1 is 1.20 bits per heavy atom. The molecule has 0 aliphatic heterocycles. The van der Waals surface area contributed by atoms with E-state index in [1.165, 1.54) is 0 Å². The van der Waals surface area contributed by atoms with Crippen molar-refractivity contribution >= 4 is 10.0 Å². The Kier molecular flexibility index (Phi) is 5.79. The van der Waals surface area contributed by atoms with Gasteiger partial charge in [-0.1, -0.05) is 13.8 Å². The fraction of sp³-hybridized carbons (Fsp3) is 0.714. The topological polar surface area (TPSA) is 63.1 Å². The van der Waals surface area contributed by atoms with Crippen LogP contribution in [0.1, 0.15) is 46.4 Å². The molecule has 0 radical (unpaired) electrons. The van der Waals surface area contributed by atoms with E-state index >= 15 is 0 Å². The lowest BCUT2D eigenvalue weighted by Crippen LogP contribution is -2.35. The van der Waals surface area contributed by atoms with E-state index < -0.39 is 10.0 Å². The van der Waals surface area contributed by atoms with Crippen LogP contribution in [0, 0.1) is 5.92 Å². The predicted molar refractivity (Wildman–Crippen MR) is 82.2 cm³/mol. The predicted octanol–water partition coefficient (Wildman–Crippen LogP) is 2.11. The zero-order chi connectivity index (χ0) is 15.5. The third-order valence-corrected chi connectivity index (χ3v) is 5.00. The summed E-state index contributed by atoms with van der Waals surface area (Å²) in [4.78, 5) is 0.337. The highest BCUT2D eigenvalue weighted by Crippen LogP contribution is 2.19. The molecular weight excluding hydrogens is 274 g/mol. The fourth-order valence-electron chi connectivity index (χ4n) is 1.90. The van der Waals surface area contributed by atoms with E-state index in [2.05, 4.69) is 10.0 Å². The average molecular weight is 301 g/mol. The molecule has 0 saturated heterocycles. The Morgan fingerprint density at radius 3 is 2.25 bits per heavy atom. The average Bonchev–Trinajstić information content (AvgIpc) is 2.73. The summed E-state index contributed by atoms with van der Waals surface area (Å²) in [6.07, 6.45) is 1.72. The highest BCUT2D eigenvalue weighted by atomic mass is 32.2. The van der Waals surface area contributed by atoms with Crippen LogP contribution in [0.3, 0.4) is 0 Å². The zero-order valence-electron chi connectivity index (χ0n) is 13.3. The highest BCUT2D eigenvalue weighted by Gasteiger charge is 2.22. The second kappa shape index (κ2) is 6.74. The first-order valence-corrected chi connectivity index (χ1v) is 8.55. The monoisotopic (exact) mass is 301 g/mol. The summed E-state index contributed by atoms with van der Waals surface area (Å²) in [5.41, 5.74) is 0.972. The Labute approximate surface area is 122 Å². The molecule has 1 aromatic rings. The number of aromatic nitrogens is 1. The molecule has 2 N–H and O–H groups in total. The normalized spacial score (nSPS) is 14.2. The first kappa shape index (κ1) is 17.2. The molecule has 0 spiro atoms. The van der Waals surface area contributed by atoms with E-state index in [-0.39, 0.29) is 18.0 Å². The van der Waals surface area contributed by atoms with Crippen molar-refractivity contribution in [2.24, 2.45) is 5.92 Å². The van der Waals surface area contributed by atoms with E-state index in [9.17, 15) is 8.42 Å². The number of rotatable bonds is 7. The van der Waals surface area contributed by atoms with Gasteiger partial charge in [-0.05, 0) is 39.8 Å². The van der Waals surface area contributed by atoms with Crippen molar-refractivity contribution in [2.75, 3.05) is 7.05 Å². The van der Waals surface area contributed by atoms with Crippen LogP contribution < -0.4 is 10.0 Å². The molecular formula is C14H27N3O2S. The summed E-state index contributed by atoms with van der Waals surface area (Å²) in [6, 6.07) is 1.88. The van der Waals surface area contributed by atoms with E-state index in [1.807, 2.05) is 46.2 Å². The second-order valence-electron chi connectivity index (χ2n) is 5.85. The van der Waals surface area contributed by atoms with Gasteiger partial charge in [-0.15, -0.1) is 0 Å². The Balaban J connectivity index is 3.09. The summed E-state index contributed by atoms with van der Waals surface area (Å²) in [5, 5.41) is 3.07. The molecule has 20 heavy (non-hydrogen) atoms. The molecule has 0 fully saturated rings. The molecule has 0 amide bonds. The first-order chi connectivity index (χ1) is 9.19. The van der Waals surface area contributed by atoms with Crippen molar-refractivity contribution in [3.05, 3.63) is 18.0 Å². The van der Waals surface area contributed by atoms with Crippen molar-refractivity contribution in [3.8, 4) is 0 Å². The van der Waals surface area contributed by atoms with Gasteiger partial charge in [0.1, 0.15) is 0 Å². The summed E-state index contributed by atoms with van der Waals surface area (Å²) in [7, 11) is -1.60. The SMILES string of the molecule is CNCc1cc(S(=O)(=O)NC(C)C(C)C)cn1C(C)C. The molecule has 0 aliphatic carbocycles. The third-order valence-electron chi connectivity index (χ3n) is 3.47. The number of hydrogen-bond acceptors (Lipinski definition) is 3. The van der Waals surface area contributed by atoms with Crippen LogP contribution in [-0.2, 0) is 16.6 Å². The molecule has 0 aromatic carbocycles. The van der Waals surface area contributed by atoms with E-state index in [4.69, 9.17) is 0 Å². The van der Waals surface area contributed by atoms with Crippen molar-refractivity contribution in [1.29, 1.82) is 0 Å². The molecule has 5 nitrogen and oxygen atoms in total. The van der Waals surface area contributed by atoms with Gasteiger partial charge in [-0.3, -0.25) is 0 Å². The van der Waals surface area contributed by atoms with Gasteiger partial charge in [0, 0.05) is 30.5 Å². The lowest BCUT2D eigenvalue weighted by molar-refractivity contribution is 0.476. The zero-order valence-corrected chi connectivity index (χ0v) is 14.1. The molecule has 1 atom stereocenters. The van der Waals surface area contributed by atoms with E-state index in [0.29, 0.717) is 11.4 Å². The van der Waals surface area contributed by atoms with Crippen LogP contribution in [0.4, 0.5) is 0 Å². The van der Waals surface area contributed by atoms with Gasteiger partial charge < -0.3 is 9.88 Å². The summed E-state index contributed by atoms with van der Waals surface area (Å²) < 4.78 is 29.5. The molecule has 0 aliphatic rings. The maximum Gasteiger partial charge on any atom is 0.242 e. The van der Waals surface area contributed by atoms with Gasteiger partial charge in [0.2, 0.25) is 10.0 Å². The van der Waals surface area contributed by atoms with Crippen LogP contribution in [0.25, 0.3) is 0 Å². The minimum atomic E-state index is -3.46. The Morgan fingerprint density at radius 2 is 1.80 bits per heavy atom. The molecule has 6 heteroatoms. The van der Waals surface area contributed by atoms with Crippen LogP contribution >= 0.6 is 0 Å². The quantitative estimate of drug-likeness (QED) is 0.811. The van der Waals surface area contributed by atoms with Gasteiger partial charge in [0.25, 0.3) is 0 Å². The molecule has 0 bridgehead atoms. The maximum atomic E-state index is 12.4. The Bertz CT molecular complexity index is 533. The fourth-order valence-corrected chi connectivity index (χ4v) is 3.34. The van der Waals surface area contributed by atoms with Crippen molar-refractivity contribution in [3.63, 3.8) is 0 Å². The number of nitrogens with zero attached hydrogens (tertiary/aromatic N) is 1. The number of hydrogen-bond donors (Lipinski definition) is 2. The van der Waals surface area contributed by atoms with E-state index in [1.54, 1.807) is 12.3 Å². The smallest absolute Gasteiger partial charge is 0.242 e. The van der Waals surface area contributed by atoms with Crippen molar-refractivity contribution < 1.29 is 8.42 Å². The molecule has 1 unspecified atom stereocenters. The summed E-state index contributed by atoms with van der Waals surface area (Å²) in [5.74, 6) is 0.258. The maximum absolute atomic E-state index is 12.4. The highest BCUT2D eigenvalue weighted by molar-refractivity contribution is 7.89.